The molecule has 0 amide bonds. The monoisotopic (exact) mass is 244 g/mol. The first kappa shape index (κ1) is 12.9. The molecule has 0 unspecified atom stereocenters. The van der Waals surface area contributed by atoms with Crippen molar-refractivity contribution < 1.29 is 9.53 Å². The summed E-state index contributed by atoms with van der Waals surface area (Å²) in [5.41, 5.74) is 3.65. The van der Waals surface area contributed by atoms with Gasteiger partial charge in [-0.25, -0.2) is 0 Å². The Balaban J connectivity index is 2.15. The van der Waals surface area contributed by atoms with Crippen LogP contribution in [-0.2, 0) is 9.53 Å². The summed E-state index contributed by atoms with van der Waals surface area (Å²) in [7, 11) is 0. The predicted molar refractivity (Wildman–Crippen MR) is 73.1 cm³/mol. The van der Waals surface area contributed by atoms with Gasteiger partial charge in [0.25, 0.3) is 0 Å². The maximum atomic E-state index is 11.8. The highest BCUT2D eigenvalue weighted by molar-refractivity contribution is 5.78. The van der Waals surface area contributed by atoms with E-state index in [1.54, 1.807) is 0 Å². The van der Waals surface area contributed by atoms with Crippen LogP contribution in [0.2, 0.25) is 0 Å². The highest BCUT2D eigenvalue weighted by Gasteiger charge is 2.28. The minimum absolute atomic E-state index is 0.0220. The Morgan fingerprint density at radius 3 is 2.78 bits per heavy atom. The predicted octanol–water partition coefficient (Wildman–Crippen LogP) is 3.74. The molecular formula is C16H20O2. The summed E-state index contributed by atoms with van der Waals surface area (Å²) < 4.78 is 5.13. The van der Waals surface area contributed by atoms with Gasteiger partial charge < -0.3 is 4.74 Å². The van der Waals surface area contributed by atoms with Crippen LogP contribution in [0.1, 0.15) is 37.3 Å². The topological polar surface area (TPSA) is 26.3 Å². The quantitative estimate of drug-likeness (QED) is 0.757. The minimum Gasteiger partial charge on any atom is -0.466 e. The number of benzene rings is 1. The molecule has 2 heteroatoms. The van der Waals surface area contributed by atoms with E-state index in [4.69, 9.17) is 4.74 Å². The molecule has 18 heavy (non-hydrogen) atoms. The van der Waals surface area contributed by atoms with Gasteiger partial charge >= 0.3 is 5.97 Å². The molecule has 2 rings (SSSR count). The first-order chi connectivity index (χ1) is 8.70. The summed E-state index contributed by atoms with van der Waals surface area (Å²) in [6.07, 6.45) is 5.17. The number of rotatable bonds is 3. The zero-order chi connectivity index (χ0) is 13.0. The van der Waals surface area contributed by atoms with Crippen molar-refractivity contribution in [2.24, 2.45) is 5.92 Å². The lowest BCUT2D eigenvalue weighted by Crippen LogP contribution is -2.16. The first-order valence-corrected chi connectivity index (χ1v) is 6.64. The van der Waals surface area contributed by atoms with Crippen molar-refractivity contribution in [3.8, 4) is 0 Å². The highest BCUT2D eigenvalue weighted by Crippen LogP contribution is 2.33. The number of hydrogen-bond donors (Lipinski definition) is 0. The third kappa shape index (κ3) is 3.00. The molecule has 1 aliphatic carbocycles. The number of carbonyl (C=O) groups is 1. The van der Waals surface area contributed by atoms with Crippen LogP contribution >= 0.6 is 0 Å². The van der Waals surface area contributed by atoms with E-state index in [1.165, 1.54) is 16.7 Å². The molecule has 0 radical (unpaired) electrons. The third-order valence-electron chi connectivity index (χ3n) is 3.41. The first-order valence-electron chi connectivity index (χ1n) is 6.64. The van der Waals surface area contributed by atoms with Gasteiger partial charge in [0.15, 0.2) is 0 Å². The van der Waals surface area contributed by atoms with Gasteiger partial charge in [-0.2, -0.15) is 0 Å². The number of carbonyl (C=O) groups excluding carboxylic acids is 1. The SMILES string of the molecule is CCOC(=O)[C@H]1CCCC1=Cc1ccc(C)cc1. The Kier molecular flexibility index (Phi) is 4.19. The second-order valence-electron chi connectivity index (χ2n) is 4.83. The number of hydrogen-bond acceptors (Lipinski definition) is 2. The summed E-state index contributed by atoms with van der Waals surface area (Å²) >= 11 is 0. The largest absolute Gasteiger partial charge is 0.466 e. The summed E-state index contributed by atoms with van der Waals surface area (Å²) in [6.45, 7) is 4.40. The van der Waals surface area contributed by atoms with Crippen LogP contribution < -0.4 is 0 Å². The van der Waals surface area contributed by atoms with Crippen LogP contribution in [0.4, 0.5) is 0 Å². The van der Waals surface area contributed by atoms with Crippen molar-refractivity contribution in [2.75, 3.05) is 6.61 Å². The summed E-state index contributed by atoms with van der Waals surface area (Å²) in [6, 6.07) is 8.40. The summed E-state index contributed by atoms with van der Waals surface area (Å²) in [4.78, 5) is 11.8. The van der Waals surface area contributed by atoms with Gasteiger partial charge in [-0.15, -0.1) is 0 Å². The van der Waals surface area contributed by atoms with Gasteiger partial charge in [0.2, 0.25) is 0 Å². The molecule has 1 fully saturated rings. The van der Waals surface area contributed by atoms with E-state index in [1.807, 2.05) is 6.92 Å². The average Bonchev–Trinajstić information content (AvgIpc) is 2.81. The Morgan fingerprint density at radius 2 is 2.11 bits per heavy atom. The van der Waals surface area contributed by atoms with E-state index in [-0.39, 0.29) is 11.9 Å². The van der Waals surface area contributed by atoms with Gasteiger partial charge in [-0.3, -0.25) is 4.79 Å². The number of aryl methyl sites for hydroxylation is 1. The lowest BCUT2D eigenvalue weighted by atomic mass is 10.00. The average molecular weight is 244 g/mol. The van der Waals surface area contributed by atoms with Crippen molar-refractivity contribution in [3.63, 3.8) is 0 Å². The fourth-order valence-electron chi connectivity index (χ4n) is 2.43. The maximum Gasteiger partial charge on any atom is 0.313 e. The van der Waals surface area contributed by atoms with Crippen LogP contribution in [0, 0.1) is 12.8 Å². The molecule has 96 valence electrons. The normalized spacial score (nSPS) is 21.2. The molecule has 0 aliphatic heterocycles. The van der Waals surface area contributed by atoms with Crippen molar-refractivity contribution >= 4 is 12.0 Å². The molecule has 0 spiro atoms. The number of ether oxygens (including phenoxy) is 1. The molecule has 0 aromatic heterocycles. The van der Waals surface area contributed by atoms with Crippen LogP contribution in [0.5, 0.6) is 0 Å². The molecule has 0 bridgehead atoms. The molecule has 1 aromatic rings. The van der Waals surface area contributed by atoms with Crippen LogP contribution in [-0.4, -0.2) is 12.6 Å². The number of esters is 1. The summed E-state index contributed by atoms with van der Waals surface area (Å²) in [5.74, 6) is -0.0837. The molecule has 0 heterocycles. The lowest BCUT2D eigenvalue weighted by molar-refractivity contribution is -0.146. The Morgan fingerprint density at radius 1 is 1.39 bits per heavy atom. The van der Waals surface area contributed by atoms with Gasteiger partial charge in [0.1, 0.15) is 0 Å². The van der Waals surface area contributed by atoms with E-state index in [0.29, 0.717) is 6.61 Å². The van der Waals surface area contributed by atoms with Crippen LogP contribution in [0.25, 0.3) is 6.08 Å². The van der Waals surface area contributed by atoms with E-state index in [9.17, 15) is 4.79 Å². The molecule has 1 aliphatic rings. The van der Waals surface area contributed by atoms with Crippen LogP contribution in [0.15, 0.2) is 29.8 Å². The molecule has 2 nitrogen and oxygen atoms in total. The van der Waals surface area contributed by atoms with Crippen molar-refractivity contribution in [3.05, 3.63) is 41.0 Å². The fraction of sp³-hybridized carbons (Fsp3) is 0.438. The van der Waals surface area contributed by atoms with E-state index in [2.05, 4.69) is 37.3 Å². The Bertz CT molecular complexity index is 443. The smallest absolute Gasteiger partial charge is 0.313 e. The van der Waals surface area contributed by atoms with E-state index >= 15 is 0 Å². The van der Waals surface area contributed by atoms with Gasteiger partial charge in [-0.05, 0) is 38.7 Å². The molecule has 1 saturated carbocycles. The molecular weight excluding hydrogens is 224 g/mol. The van der Waals surface area contributed by atoms with E-state index in [0.717, 1.165) is 19.3 Å². The second kappa shape index (κ2) is 5.85. The molecule has 1 atom stereocenters. The van der Waals surface area contributed by atoms with Crippen LogP contribution in [0.3, 0.4) is 0 Å². The van der Waals surface area contributed by atoms with Gasteiger partial charge in [0.05, 0.1) is 12.5 Å². The highest BCUT2D eigenvalue weighted by atomic mass is 16.5. The minimum atomic E-state index is -0.0617. The van der Waals surface area contributed by atoms with Crippen molar-refractivity contribution in [1.82, 2.24) is 0 Å². The second-order valence-corrected chi connectivity index (χ2v) is 4.83. The Hall–Kier alpha value is -1.57. The summed E-state index contributed by atoms with van der Waals surface area (Å²) in [5, 5.41) is 0. The molecule has 1 aromatic carbocycles. The van der Waals surface area contributed by atoms with Gasteiger partial charge in [-0.1, -0.05) is 41.5 Å². The zero-order valence-electron chi connectivity index (χ0n) is 11.1. The van der Waals surface area contributed by atoms with Gasteiger partial charge in [0, 0.05) is 0 Å². The van der Waals surface area contributed by atoms with Crippen molar-refractivity contribution in [2.45, 2.75) is 33.1 Å². The third-order valence-corrected chi connectivity index (χ3v) is 3.41. The van der Waals surface area contributed by atoms with Crippen molar-refractivity contribution in [1.29, 1.82) is 0 Å². The standard InChI is InChI=1S/C16H20O2/c1-3-18-16(17)15-6-4-5-14(15)11-13-9-7-12(2)8-10-13/h7-11,15H,3-6H2,1-2H3/t15-/m0/s1. The zero-order valence-corrected chi connectivity index (χ0v) is 11.1. The molecule has 0 N–H and O–H groups in total. The lowest BCUT2D eigenvalue weighted by Gasteiger charge is -2.10. The van der Waals surface area contributed by atoms with E-state index < -0.39 is 0 Å². The fourth-order valence-corrected chi connectivity index (χ4v) is 2.43. The Labute approximate surface area is 109 Å². The molecule has 0 saturated heterocycles. The maximum absolute atomic E-state index is 11.8.